The van der Waals surface area contributed by atoms with E-state index in [-0.39, 0.29) is 22.6 Å². The van der Waals surface area contributed by atoms with Crippen molar-refractivity contribution in [2.75, 3.05) is 4.90 Å². The van der Waals surface area contributed by atoms with E-state index in [1.54, 1.807) is 0 Å². The number of benzene rings is 3. The van der Waals surface area contributed by atoms with Crippen molar-refractivity contribution in [2.24, 2.45) is 5.92 Å². The van der Waals surface area contributed by atoms with Gasteiger partial charge < -0.3 is 4.98 Å². The molecule has 0 radical (unpaired) electrons. The molecule has 0 spiro atoms. The number of hydrogen-bond acceptors (Lipinski definition) is 5. The lowest BCUT2D eigenvalue weighted by atomic mass is 9.82. The van der Waals surface area contributed by atoms with E-state index in [1.165, 1.54) is 16.7 Å². The number of H-pyrrole nitrogens is 1. The molecule has 2 amide bonds. The molecule has 3 heterocycles. The van der Waals surface area contributed by atoms with Crippen LogP contribution in [-0.4, -0.2) is 22.0 Å². The van der Waals surface area contributed by atoms with Crippen LogP contribution in [0, 0.1) is 12.8 Å². The number of thiazole rings is 1. The van der Waals surface area contributed by atoms with Crippen LogP contribution in [0.2, 0.25) is 0 Å². The molecule has 0 aliphatic carbocycles. The minimum atomic E-state index is -0.578. The number of amides is 2. The van der Waals surface area contributed by atoms with Crippen molar-refractivity contribution in [3.05, 3.63) is 105 Å². The van der Waals surface area contributed by atoms with Crippen molar-refractivity contribution >= 4 is 40.6 Å². The summed E-state index contributed by atoms with van der Waals surface area (Å²) in [5, 5.41) is 0.116. The fraction of sp³-hybridized carbons (Fsp3) is 0.148. The molecule has 0 bridgehead atoms. The first-order chi connectivity index (χ1) is 16.5. The maximum Gasteiger partial charge on any atom is 0.305 e. The number of aromatic nitrogens is 1. The number of thioether (sulfide) groups is 1. The van der Waals surface area contributed by atoms with E-state index in [0.717, 1.165) is 38.5 Å². The van der Waals surface area contributed by atoms with Gasteiger partial charge in [0.1, 0.15) is 5.25 Å². The summed E-state index contributed by atoms with van der Waals surface area (Å²) in [7, 11) is 0. The van der Waals surface area contributed by atoms with E-state index in [1.807, 2.05) is 73.7 Å². The Morgan fingerprint density at radius 2 is 1.47 bits per heavy atom. The van der Waals surface area contributed by atoms with E-state index in [4.69, 9.17) is 0 Å². The number of aryl methyl sites for hydroxylation is 1. The molecule has 7 heteroatoms. The van der Waals surface area contributed by atoms with Crippen molar-refractivity contribution in [3.8, 4) is 11.1 Å². The number of carbonyl (C=O) groups is 2. The van der Waals surface area contributed by atoms with Crippen molar-refractivity contribution < 1.29 is 9.59 Å². The zero-order chi connectivity index (χ0) is 23.4. The summed E-state index contributed by atoms with van der Waals surface area (Å²) >= 11 is 2.43. The number of nitrogens with zero attached hydrogens (tertiary/aromatic N) is 1. The van der Waals surface area contributed by atoms with Gasteiger partial charge in [-0.2, -0.15) is 0 Å². The molecule has 1 fully saturated rings. The minimum Gasteiger partial charge on any atom is -0.307 e. The molecule has 3 atom stereocenters. The van der Waals surface area contributed by atoms with E-state index < -0.39 is 11.2 Å². The van der Waals surface area contributed by atoms with Crippen molar-refractivity contribution in [3.63, 3.8) is 0 Å². The van der Waals surface area contributed by atoms with E-state index in [0.29, 0.717) is 10.7 Å². The van der Waals surface area contributed by atoms with Gasteiger partial charge in [-0.1, -0.05) is 95.4 Å². The van der Waals surface area contributed by atoms with Gasteiger partial charge in [0.25, 0.3) is 0 Å². The maximum atomic E-state index is 13.7. The monoisotopic (exact) mass is 484 g/mol. The van der Waals surface area contributed by atoms with Gasteiger partial charge in [-0.15, -0.1) is 0 Å². The van der Waals surface area contributed by atoms with Crippen LogP contribution in [0.3, 0.4) is 0 Å². The molecule has 34 heavy (non-hydrogen) atoms. The molecule has 1 aromatic heterocycles. The lowest BCUT2D eigenvalue weighted by Crippen LogP contribution is -2.32. The Kier molecular flexibility index (Phi) is 5.04. The normalized spacial score (nSPS) is 21.4. The molecule has 2 unspecified atom stereocenters. The first kappa shape index (κ1) is 21.1. The van der Waals surface area contributed by atoms with Gasteiger partial charge >= 0.3 is 4.87 Å². The van der Waals surface area contributed by atoms with Crippen molar-refractivity contribution in [1.29, 1.82) is 0 Å². The summed E-state index contributed by atoms with van der Waals surface area (Å²) in [5.41, 5.74) is 4.76. The molecular weight excluding hydrogens is 464 g/mol. The Labute approximate surface area is 204 Å². The van der Waals surface area contributed by atoms with Crippen LogP contribution in [-0.2, 0) is 9.59 Å². The van der Waals surface area contributed by atoms with Gasteiger partial charge in [-0.3, -0.25) is 14.4 Å². The highest BCUT2D eigenvalue weighted by atomic mass is 32.2. The number of carbonyl (C=O) groups excluding carboxylic acids is 2. The Balaban J connectivity index is 1.44. The molecule has 2 aliphatic rings. The zero-order valence-electron chi connectivity index (χ0n) is 18.2. The molecule has 1 saturated heterocycles. The second-order valence-corrected chi connectivity index (χ2v) is 10.8. The SMILES string of the molecule is Cc1ccc(N2C(=O)C3Sc4[nH]c(=O)sc4[C@H](c4ccc(-c5ccccc5)cc4)C3C2=O)cc1. The van der Waals surface area contributed by atoms with E-state index >= 15 is 0 Å². The number of nitrogens with one attached hydrogen (secondary N) is 1. The van der Waals surface area contributed by atoms with Crippen molar-refractivity contribution in [1.82, 2.24) is 4.98 Å². The van der Waals surface area contributed by atoms with Crippen LogP contribution >= 0.6 is 23.1 Å². The summed E-state index contributed by atoms with van der Waals surface area (Å²) in [6.45, 7) is 1.97. The van der Waals surface area contributed by atoms with Crippen LogP contribution < -0.4 is 9.77 Å². The molecule has 168 valence electrons. The predicted octanol–water partition coefficient (Wildman–Crippen LogP) is 5.21. The molecular formula is C27H20N2O3S2. The van der Waals surface area contributed by atoms with Gasteiger partial charge in [-0.25, -0.2) is 4.90 Å². The standard InChI is InChI=1S/C27H20N2O3S2/c1-15-7-13-19(14-8-15)29-25(30)21-20(22-24(28-27(32)34-22)33-23(21)26(29)31)18-11-9-17(10-12-18)16-5-3-2-4-6-16/h2-14,20-21,23H,1H3,(H,28,32)/t20-,21?,23?/m1/s1. The van der Waals surface area contributed by atoms with E-state index in [2.05, 4.69) is 17.1 Å². The van der Waals surface area contributed by atoms with Gasteiger partial charge in [0.15, 0.2) is 0 Å². The third kappa shape index (κ3) is 3.35. The van der Waals surface area contributed by atoms with Crippen LogP contribution in [0.4, 0.5) is 5.69 Å². The summed E-state index contributed by atoms with van der Waals surface area (Å²) < 4.78 is 0. The number of hydrogen-bond donors (Lipinski definition) is 1. The lowest BCUT2D eigenvalue weighted by Gasteiger charge is -2.29. The zero-order valence-corrected chi connectivity index (χ0v) is 19.9. The average molecular weight is 485 g/mol. The topological polar surface area (TPSA) is 70.2 Å². The second kappa shape index (κ2) is 8.11. The predicted molar refractivity (Wildman–Crippen MR) is 135 cm³/mol. The fourth-order valence-electron chi connectivity index (χ4n) is 4.84. The Hall–Kier alpha value is -3.42. The average Bonchev–Trinajstić information content (AvgIpc) is 3.35. The number of rotatable bonds is 3. The third-order valence-electron chi connectivity index (χ3n) is 6.49. The third-order valence-corrected chi connectivity index (χ3v) is 8.89. The molecule has 3 aromatic carbocycles. The summed E-state index contributed by atoms with van der Waals surface area (Å²) in [6, 6.07) is 25.6. The quantitative estimate of drug-likeness (QED) is 0.406. The smallest absolute Gasteiger partial charge is 0.305 e. The Morgan fingerprint density at radius 3 is 2.18 bits per heavy atom. The van der Waals surface area contributed by atoms with Crippen LogP contribution in [0.15, 0.2) is 88.7 Å². The van der Waals surface area contributed by atoms with Gasteiger partial charge in [0, 0.05) is 10.8 Å². The highest BCUT2D eigenvalue weighted by molar-refractivity contribution is 8.00. The molecule has 1 N–H and O–H groups in total. The Morgan fingerprint density at radius 1 is 0.794 bits per heavy atom. The largest absolute Gasteiger partial charge is 0.307 e. The van der Waals surface area contributed by atoms with Crippen molar-refractivity contribution in [2.45, 2.75) is 23.1 Å². The summed E-state index contributed by atoms with van der Waals surface area (Å²) in [5.74, 6) is -1.37. The fourth-order valence-corrected chi connectivity index (χ4v) is 7.35. The first-order valence-corrected chi connectivity index (χ1v) is 12.7. The highest BCUT2D eigenvalue weighted by Crippen LogP contribution is 2.53. The maximum absolute atomic E-state index is 13.7. The molecule has 6 rings (SSSR count). The summed E-state index contributed by atoms with van der Waals surface area (Å²) in [6.07, 6.45) is 0. The number of anilines is 1. The molecule has 4 aromatic rings. The molecule has 2 aliphatic heterocycles. The van der Waals surface area contributed by atoms with Gasteiger partial charge in [0.2, 0.25) is 11.8 Å². The molecule has 0 saturated carbocycles. The van der Waals surface area contributed by atoms with Crippen LogP contribution in [0.1, 0.15) is 21.9 Å². The number of fused-ring (bicyclic) bond motifs is 2. The van der Waals surface area contributed by atoms with Gasteiger partial charge in [-0.05, 0) is 35.7 Å². The molecule has 5 nitrogen and oxygen atoms in total. The van der Waals surface area contributed by atoms with Crippen LogP contribution in [0.5, 0.6) is 0 Å². The highest BCUT2D eigenvalue weighted by Gasteiger charge is 2.56. The van der Waals surface area contributed by atoms with Gasteiger partial charge in [0.05, 0.1) is 16.6 Å². The first-order valence-electron chi connectivity index (χ1n) is 11.0. The minimum absolute atomic E-state index is 0.168. The van der Waals surface area contributed by atoms with E-state index in [9.17, 15) is 14.4 Å². The lowest BCUT2D eigenvalue weighted by molar-refractivity contribution is -0.122. The van der Waals surface area contributed by atoms with Crippen LogP contribution in [0.25, 0.3) is 11.1 Å². The second-order valence-electron chi connectivity index (χ2n) is 8.59. The number of aromatic amines is 1. The Bertz CT molecular complexity index is 1460. The summed E-state index contributed by atoms with van der Waals surface area (Å²) in [4.78, 5) is 44.3. The number of imide groups is 1.